The van der Waals surface area contributed by atoms with Crippen molar-refractivity contribution in [2.24, 2.45) is 0 Å². The zero-order chi connectivity index (χ0) is 20.7. The molecule has 1 aliphatic heterocycles. The quantitative estimate of drug-likeness (QED) is 0.704. The van der Waals surface area contributed by atoms with Crippen LogP contribution in [-0.2, 0) is 30.4 Å². The van der Waals surface area contributed by atoms with Gasteiger partial charge < -0.3 is 14.2 Å². The molecule has 9 heteroatoms. The van der Waals surface area contributed by atoms with Crippen LogP contribution < -0.4 is 0 Å². The smallest absolute Gasteiger partial charge is 0.444 e. The van der Waals surface area contributed by atoms with Gasteiger partial charge in [0.2, 0.25) is 5.82 Å². The van der Waals surface area contributed by atoms with Crippen LogP contribution in [0.3, 0.4) is 0 Å². The Morgan fingerprint density at radius 1 is 1.18 bits per heavy atom. The number of amides is 1. The van der Waals surface area contributed by atoms with Crippen LogP contribution in [0.1, 0.15) is 43.5 Å². The molecule has 1 aliphatic rings. The van der Waals surface area contributed by atoms with Crippen LogP contribution in [-0.4, -0.2) is 32.7 Å². The summed E-state index contributed by atoms with van der Waals surface area (Å²) in [5.41, 5.74) is 0.424. The largest absolute Gasteiger partial charge is 0.449 e. The Kier molecular flexibility index (Phi) is 5.12. The summed E-state index contributed by atoms with van der Waals surface area (Å²) in [6, 6.07) is 5.24. The van der Waals surface area contributed by atoms with Crippen LogP contribution in [0.25, 0.3) is 0 Å². The Hall–Kier alpha value is -2.58. The summed E-state index contributed by atoms with van der Waals surface area (Å²) in [6.07, 6.45) is -5.02. The van der Waals surface area contributed by atoms with Crippen LogP contribution in [0.2, 0.25) is 0 Å². The average molecular weight is 399 g/mol. The summed E-state index contributed by atoms with van der Waals surface area (Å²) in [5, 5.41) is 0. The van der Waals surface area contributed by atoms with Gasteiger partial charge in [-0.05, 0) is 38.5 Å². The molecule has 0 unspecified atom stereocenters. The van der Waals surface area contributed by atoms with Gasteiger partial charge in [-0.3, -0.25) is 0 Å². The van der Waals surface area contributed by atoms with Crippen molar-refractivity contribution in [3.63, 3.8) is 0 Å². The van der Waals surface area contributed by atoms with E-state index >= 15 is 0 Å². The zero-order valence-corrected chi connectivity index (χ0v) is 15.8. The van der Waals surface area contributed by atoms with Gasteiger partial charge in [-0.1, -0.05) is 12.1 Å². The number of imidazole rings is 1. The topological polar surface area (TPSA) is 47.4 Å². The van der Waals surface area contributed by atoms with E-state index in [0.717, 1.165) is 4.57 Å². The van der Waals surface area contributed by atoms with E-state index in [9.17, 15) is 22.4 Å². The van der Waals surface area contributed by atoms with Gasteiger partial charge in [0.1, 0.15) is 11.4 Å². The predicted octanol–water partition coefficient (Wildman–Crippen LogP) is 4.38. The fourth-order valence-corrected chi connectivity index (χ4v) is 3.06. The Balaban J connectivity index is 1.94. The molecular weight excluding hydrogens is 378 g/mol. The third-order valence-electron chi connectivity index (χ3n) is 4.27. The van der Waals surface area contributed by atoms with Gasteiger partial charge in [0.15, 0.2) is 0 Å². The van der Waals surface area contributed by atoms with Crippen LogP contribution in [0.5, 0.6) is 0 Å². The molecule has 0 atom stereocenters. The number of hydrogen-bond donors (Lipinski definition) is 0. The molecule has 3 rings (SSSR count). The van der Waals surface area contributed by atoms with Crippen molar-refractivity contribution in [2.75, 3.05) is 6.54 Å². The minimum atomic E-state index is -4.64. The number of fused-ring (bicyclic) bond motifs is 1. The first kappa shape index (κ1) is 20.2. The zero-order valence-electron chi connectivity index (χ0n) is 15.8. The van der Waals surface area contributed by atoms with E-state index in [1.165, 1.54) is 29.2 Å². The highest BCUT2D eigenvalue weighted by Crippen LogP contribution is 2.33. The van der Waals surface area contributed by atoms with Crippen molar-refractivity contribution in [3.05, 3.63) is 52.9 Å². The monoisotopic (exact) mass is 399 g/mol. The van der Waals surface area contributed by atoms with Crippen molar-refractivity contribution >= 4 is 6.09 Å². The average Bonchev–Trinajstić information content (AvgIpc) is 2.93. The van der Waals surface area contributed by atoms with Crippen LogP contribution >= 0.6 is 0 Å². The lowest BCUT2D eigenvalue weighted by Gasteiger charge is -2.30. The highest BCUT2D eigenvalue weighted by molar-refractivity contribution is 5.68. The van der Waals surface area contributed by atoms with Gasteiger partial charge in [-0.2, -0.15) is 13.2 Å². The van der Waals surface area contributed by atoms with Gasteiger partial charge in [0.05, 0.1) is 17.9 Å². The van der Waals surface area contributed by atoms with E-state index in [0.29, 0.717) is 17.0 Å². The summed E-state index contributed by atoms with van der Waals surface area (Å²) < 4.78 is 60.1. The lowest BCUT2D eigenvalue weighted by Crippen LogP contribution is -2.40. The molecule has 0 saturated heterocycles. The van der Waals surface area contributed by atoms with Crippen molar-refractivity contribution in [2.45, 2.75) is 52.1 Å². The lowest BCUT2D eigenvalue weighted by atomic mass is 10.1. The molecule has 1 aromatic carbocycles. The van der Waals surface area contributed by atoms with Gasteiger partial charge in [-0.25, -0.2) is 14.2 Å². The van der Waals surface area contributed by atoms with E-state index in [1.807, 2.05) is 0 Å². The molecule has 0 aliphatic carbocycles. The standard InChI is InChI=1S/C19H21F4N3O2/c1-18(2,3)28-17(27)25-9-8-14-15(11-25)26(16(24-14)19(21,22)23)10-12-4-6-13(20)7-5-12/h4-7H,8-11H2,1-3H3. The summed E-state index contributed by atoms with van der Waals surface area (Å²) in [5.74, 6) is -1.49. The third kappa shape index (κ3) is 4.45. The first-order valence-corrected chi connectivity index (χ1v) is 8.82. The van der Waals surface area contributed by atoms with Crippen molar-refractivity contribution in [1.29, 1.82) is 0 Å². The number of carbonyl (C=O) groups is 1. The van der Waals surface area contributed by atoms with E-state index in [1.54, 1.807) is 20.8 Å². The second-order valence-electron chi connectivity index (χ2n) is 7.69. The van der Waals surface area contributed by atoms with Gasteiger partial charge in [-0.15, -0.1) is 0 Å². The second-order valence-corrected chi connectivity index (χ2v) is 7.69. The lowest BCUT2D eigenvalue weighted by molar-refractivity contribution is -0.147. The van der Waals surface area contributed by atoms with Crippen molar-refractivity contribution in [3.8, 4) is 0 Å². The molecule has 152 valence electrons. The minimum absolute atomic E-state index is 0.0332. The van der Waals surface area contributed by atoms with E-state index in [-0.39, 0.29) is 26.1 Å². The first-order valence-electron chi connectivity index (χ1n) is 8.82. The predicted molar refractivity (Wildman–Crippen MR) is 93.1 cm³/mol. The van der Waals surface area contributed by atoms with Gasteiger partial charge in [0.25, 0.3) is 0 Å². The number of nitrogens with zero attached hydrogens (tertiary/aromatic N) is 3. The number of rotatable bonds is 2. The molecule has 0 N–H and O–H groups in total. The number of halogens is 4. The van der Waals surface area contributed by atoms with Crippen LogP contribution in [0, 0.1) is 5.82 Å². The van der Waals surface area contributed by atoms with E-state index in [2.05, 4.69) is 4.98 Å². The molecule has 2 aromatic rings. The van der Waals surface area contributed by atoms with Crippen LogP contribution in [0.15, 0.2) is 24.3 Å². The number of hydrogen-bond acceptors (Lipinski definition) is 3. The minimum Gasteiger partial charge on any atom is -0.444 e. The summed E-state index contributed by atoms with van der Waals surface area (Å²) in [7, 11) is 0. The molecule has 0 fully saturated rings. The van der Waals surface area contributed by atoms with Crippen LogP contribution in [0.4, 0.5) is 22.4 Å². The molecule has 5 nitrogen and oxygen atoms in total. The molecule has 1 aromatic heterocycles. The fraction of sp³-hybridized carbons (Fsp3) is 0.474. The summed E-state index contributed by atoms with van der Waals surface area (Å²) >= 11 is 0. The molecule has 28 heavy (non-hydrogen) atoms. The molecular formula is C19H21F4N3O2. The van der Waals surface area contributed by atoms with Crippen molar-refractivity contribution < 1.29 is 27.1 Å². The number of carbonyl (C=O) groups excluding carboxylic acids is 1. The molecule has 1 amide bonds. The van der Waals surface area contributed by atoms with E-state index < -0.39 is 29.5 Å². The Morgan fingerprint density at radius 3 is 2.39 bits per heavy atom. The van der Waals surface area contributed by atoms with E-state index in [4.69, 9.17) is 4.74 Å². The highest BCUT2D eigenvalue weighted by atomic mass is 19.4. The SMILES string of the molecule is CC(C)(C)OC(=O)N1CCc2nc(C(F)(F)F)n(Cc3ccc(F)cc3)c2C1. The second kappa shape index (κ2) is 7.10. The first-order chi connectivity index (χ1) is 12.9. The molecule has 0 bridgehead atoms. The number of ether oxygens (including phenoxy) is 1. The fourth-order valence-electron chi connectivity index (χ4n) is 3.06. The maximum absolute atomic E-state index is 13.5. The molecule has 2 heterocycles. The Bertz CT molecular complexity index is 867. The maximum atomic E-state index is 13.5. The highest BCUT2D eigenvalue weighted by Gasteiger charge is 2.40. The van der Waals surface area contributed by atoms with Gasteiger partial charge >= 0.3 is 12.3 Å². The molecule has 0 spiro atoms. The Labute approximate surface area is 159 Å². The summed E-state index contributed by atoms with van der Waals surface area (Å²) in [6.45, 7) is 5.24. The van der Waals surface area contributed by atoms with Gasteiger partial charge in [0, 0.05) is 19.5 Å². The third-order valence-corrected chi connectivity index (χ3v) is 4.27. The Morgan fingerprint density at radius 2 is 1.82 bits per heavy atom. The van der Waals surface area contributed by atoms with Crippen molar-refractivity contribution in [1.82, 2.24) is 14.5 Å². The maximum Gasteiger partial charge on any atom is 0.449 e. The summed E-state index contributed by atoms with van der Waals surface area (Å²) in [4.78, 5) is 17.5. The number of aromatic nitrogens is 2. The normalized spacial score (nSPS) is 14.8. The number of alkyl halides is 3. The molecule has 0 radical (unpaired) electrons. The number of benzene rings is 1. The molecule has 0 saturated carbocycles.